The van der Waals surface area contributed by atoms with Crippen molar-refractivity contribution in [3.8, 4) is 0 Å². The van der Waals surface area contributed by atoms with Crippen LogP contribution >= 0.6 is 0 Å². The largest absolute Gasteiger partial charge is 0.478 e. The summed E-state index contributed by atoms with van der Waals surface area (Å²) in [4.78, 5) is 10.4. The summed E-state index contributed by atoms with van der Waals surface area (Å²) in [5, 5.41) is 8.55. The summed E-state index contributed by atoms with van der Waals surface area (Å²) in [5.41, 5.74) is 0. The Morgan fingerprint density at radius 1 is 1.53 bits per heavy atom. The predicted molar refractivity (Wildman–Crippen MR) is 62.8 cm³/mol. The Hall–Kier alpha value is -0.613. The third-order valence-electron chi connectivity index (χ3n) is 3.16. The van der Waals surface area contributed by atoms with Crippen LogP contribution in [0.25, 0.3) is 0 Å². The molecule has 1 N–H and O–H groups in total. The minimum absolute atomic E-state index is 0.00417. The molecule has 0 radical (unpaired) electrons. The molecule has 0 aromatic rings. The van der Waals surface area contributed by atoms with Crippen molar-refractivity contribution in [1.29, 1.82) is 0 Å². The molecule has 3 nitrogen and oxygen atoms in total. The Morgan fingerprint density at radius 2 is 2.27 bits per heavy atom. The van der Waals surface area contributed by atoms with Crippen LogP contribution < -0.4 is 0 Å². The molecular formula is C11H20O3Si. The van der Waals surface area contributed by atoms with Crippen LogP contribution in [0.4, 0.5) is 0 Å². The van der Waals surface area contributed by atoms with Crippen molar-refractivity contribution in [3.63, 3.8) is 0 Å². The van der Waals surface area contributed by atoms with Gasteiger partial charge >= 0.3 is 5.97 Å². The van der Waals surface area contributed by atoms with Gasteiger partial charge < -0.3 is 9.84 Å². The first-order chi connectivity index (χ1) is 7.07. The molecule has 1 heterocycles. The maximum Gasteiger partial charge on any atom is 0.327 e. The van der Waals surface area contributed by atoms with E-state index in [9.17, 15) is 4.79 Å². The molecule has 1 saturated heterocycles. The smallest absolute Gasteiger partial charge is 0.327 e. The fraction of sp³-hybridized carbons (Fsp3) is 0.727. The molecular weight excluding hydrogens is 208 g/mol. The lowest BCUT2D eigenvalue weighted by atomic mass is 10.1. The van der Waals surface area contributed by atoms with Gasteiger partial charge in [-0.2, -0.15) is 0 Å². The topological polar surface area (TPSA) is 46.5 Å². The summed E-state index contributed by atoms with van der Waals surface area (Å²) in [6.45, 7) is 5.39. The van der Waals surface area contributed by atoms with Crippen molar-refractivity contribution in [2.24, 2.45) is 0 Å². The maximum atomic E-state index is 10.4. The zero-order valence-corrected chi connectivity index (χ0v) is 10.7. The summed E-state index contributed by atoms with van der Waals surface area (Å²) < 4.78 is 5.93. The molecule has 15 heavy (non-hydrogen) atoms. The number of carboxylic acid groups (broad SMARTS) is 1. The average Bonchev–Trinajstić information content (AvgIpc) is 2.18. The molecule has 0 saturated carbocycles. The molecule has 1 fully saturated rings. The minimum Gasteiger partial charge on any atom is -0.478 e. The molecule has 0 bridgehead atoms. The first-order valence-corrected chi connectivity index (χ1v) is 8.49. The second-order valence-electron chi connectivity index (χ2n) is 4.47. The molecule has 1 unspecified atom stereocenters. The van der Waals surface area contributed by atoms with Crippen LogP contribution in [0, 0.1) is 0 Å². The first-order valence-electron chi connectivity index (χ1n) is 5.60. The van der Waals surface area contributed by atoms with Gasteiger partial charge in [-0.05, 0) is 25.7 Å². The summed E-state index contributed by atoms with van der Waals surface area (Å²) in [6, 6.07) is 0. The third kappa shape index (κ3) is 3.46. The van der Waals surface area contributed by atoms with Gasteiger partial charge in [-0.3, -0.25) is 0 Å². The van der Waals surface area contributed by atoms with Gasteiger partial charge in [0.25, 0.3) is 0 Å². The average molecular weight is 228 g/mol. The Labute approximate surface area is 92.7 Å². The van der Waals surface area contributed by atoms with E-state index in [-0.39, 0.29) is 5.22 Å². The number of hydrogen-bond acceptors (Lipinski definition) is 2. The van der Waals surface area contributed by atoms with E-state index >= 15 is 0 Å². The lowest BCUT2D eigenvalue weighted by molar-refractivity contribution is -0.131. The van der Waals surface area contributed by atoms with Gasteiger partial charge in [0.2, 0.25) is 0 Å². The van der Waals surface area contributed by atoms with Crippen LogP contribution in [-0.2, 0) is 9.53 Å². The van der Waals surface area contributed by atoms with Crippen molar-refractivity contribution < 1.29 is 14.6 Å². The molecule has 4 heteroatoms. The molecule has 1 atom stereocenters. The fourth-order valence-electron chi connectivity index (χ4n) is 2.09. The number of aliphatic carboxylic acids is 1. The van der Waals surface area contributed by atoms with Crippen LogP contribution in [0.15, 0.2) is 12.2 Å². The van der Waals surface area contributed by atoms with Gasteiger partial charge in [0.05, 0.1) is 14.0 Å². The van der Waals surface area contributed by atoms with Crippen molar-refractivity contribution in [3.05, 3.63) is 12.2 Å². The van der Waals surface area contributed by atoms with Crippen LogP contribution in [-0.4, -0.2) is 31.7 Å². The number of carbonyl (C=O) groups is 1. The first kappa shape index (κ1) is 12.5. The SMILES string of the molecule is C[SiH](C)C1(CC=CC(=O)O)CCCCO1. The Balaban J connectivity index is 2.60. The van der Waals surface area contributed by atoms with Crippen LogP contribution in [0.2, 0.25) is 13.1 Å². The van der Waals surface area contributed by atoms with Gasteiger partial charge in [0.1, 0.15) is 0 Å². The number of carboxylic acids is 1. The highest BCUT2D eigenvalue weighted by molar-refractivity contribution is 6.59. The summed E-state index contributed by atoms with van der Waals surface area (Å²) >= 11 is 0. The van der Waals surface area contributed by atoms with Crippen molar-refractivity contribution >= 4 is 14.8 Å². The van der Waals surface area contributed by atoms with Crippen molar-refractivity contribution in [2.45, 2.75) is 44.0 Å². The number of hydrogen-bond donors (Lipinski definition) is 1. The van der Waals surface area contributed by atoms with Gasteiger partial charge in [-0.1, -0.05) is 19.2 Å². The van der Waals surface area contributed by atoms with E-state index in [1.165, 1.54) is 12.5 Å². The third-order valence-corrected chi connectivity index (χ3v) is 5.96. The summed E-state index contributed by atoms with van der Waals surface area (Å²) in [5.74, 6) is -0.869. The normalized spacial score (nSPS) is 27.4. The number of rotatable bonds is 4. The zero-order chi connectivity index (χ0) is 11.3. The molecule has 1 rings (SSSR count). The lowest BCUT2D eigenvalue weighted by Gasteiger charge is -2.39. The van der Waals surface area contributed by atoms with Crippen LogP contribution in [0.3, 0.4) is 0 Å². The second-order valence-corrected chi connectivity index (χ2v) is 7.83. The highest BCUT2D eigenvalue weighted by atomic mass is 28.3. The van der Waals surface area contributed by atoms with E-state index in [2.05, 4.69) is 13.1 Å². The Bertz CT molecular complexity index is 242. The van der Waals surface area contributed by atoms with Crippen LogP contribution in [0.5, 0.6) is 0 Å². The summed E-state index contributed by atoms with van der Waals surface area (Å²) in [7, 11) is -0.917. The van der Waals surface area contributed by atoms with E-state index in [1.54, 1.807) is 6.08 Å². The molecule has 86 valence electrons. The monoisotopic (exact) mass is 228 g/mol. The van der Waals surface area contributed by atoms with E-state index in [0.29, 0.717) is 0 Å². The second kappa shape index (κ2) is 5.46. The molecule has 0 amide bonds. The van der Waals surface area contributed by atoms with Gasteiger partial charge in [-0.15, -0.1) is 0 Å². The Kier molecular flexibility index (Phi) is 4.54. The van der Waals surface area contributed by atoms with E-state index < -0.39 is 14.8 Å². The predicted octanol–water partition coefficient (Wildman–Crippen LogP) is 1.98. The Morgan fingerprint density at radius 3 is 2.73 bits per heavy atom. The van der Waals surface area contributed by atoms with Gasteiger partial charge in [0, 0.05) is 12.7 Å². The van der Waals surface area contributed by atoms with Gasteiger partial charge in [0.15, 0.2) is 0 Å². The van der Waals surface area contributed by atoms with Crippen LogP contribution in [0.1, 0.15) is 25.7 Å². The van der Waals surface area contributed by atoms with Crippen molar-refractivity contribution in [1.82, 2.24) is 0 Å². The maximum absolute atomic E-state index is 10.4. The molecule has 0 aromatic carbocycles. The van der Waals surface area contributed by atoms with E-state index in [4.69, 9.17) is 9.84 Å². The van der Waals surface area contributed by atoms with Crippen molar-refractivity contribution in [2.75, 3.05) is 6.61 Å². The van der Waals surface area contributed by atoms with Gasteiger partial charge in [-0.25, -0.2) is 4.79 Å². The van der Waals surface area contributed by atoms with E-state index in [1.807, 2.05) is 0 Å². The highest BCUT2D eigenvalue weighted by Gasteiger charge is 2.35. The molecule has 0 aliphatic carbocycles. The molecule has 1 aliphatic heterocycles. The highest BCUT2D eigenvalue weighted by Crippen LogP contribution is 2.31. The molecule has 0 aromatic heterocycles. The zero-order valence-electron chi connectivity index (χ0n) is 9.53. The number of ether oxygens (including phenoxy) is 1. The fourth-order valence-corrected chi connectivity index (χ4v) is 3.93. The van der Waals surface area contributed by atoms with E-state index in [0.717, 1.165) is 25.9 Å². The lowest BCUT2D eigenvalue weighted by Crippen LogP contribution is -2.47. The quantitative estimate of drug-likeness (QED) is 0.591. The molecule has 1 aliphatic rings. The summed E-state index contributed by atoms with van der Waals surface area (Å²) in [6.07, 6.45) is 7.21. The molecule has 0 spiro atoms. The standard InChI is InChI=1S/C11H20O3Si/c1-15(2)11(7-3-4-9-14-11)8-5-6-10(12)13/h5-6,15H,3-4,7-9H2,1-2H3,(H,12,13). The minimum atomic E-state index is -0.917.